The highest BCUT2D eigenvalue weighted by atomic mass is 16.2. The summed E-state index contributed by atoms with van der Waals surface area (Å²) in [6, 6.07) is 9.46. The topological polar surface area (TPSA) is 51.1 Å². The standard InChI is InChI=1S/C17H18N2O2/c1-12-2-6-15(7-3-12)18-16(20)11-19-9-8-14(10-19)17(21)13-4-5-13/h2-3,6-10,13H,4-5,11H2,1H3,(H,18,20). The van der Waals surface area contributed by atoms with Crippen molar-refractivity contribution in [3.05, 3.63) is 53.9 Å². The second-order valence-electron chi connectivity index (χ2n) is 5.63. The molecule has 4 heteroatoms. The molecule has 0 atom stereocenters. The van der Waals surface area contributed by atoms with Crippen molar-refractivity contribution < 1.29 is 9.59 Å². The lowest BCUT2D eigenvalue weighted by Gasteiger charge is -2.06. The first-order valence-electron chi connectivity index (χ1n) is 7.18. The molecule has 0 aliphatic heterocycles. The second-order valence-corrected chi connectivity index (χ2v) is 5.63. The van der Waals surface area contributed by atoms with Gasteiger partial charge in [-0.15, -0.1) is 0 Å². The van der Waals surface area contributed by atoms with Crippen LogP contribution in [0.2, 0.25) is 0 Å². The van der Waals surface area contributed by atoms with E-state index in [1.165, 1.54) is 0 Å². The summed E-state index contributed by atoms with van der Waals surface area (Å²) in [5.74, 6) is 0.315. The normalized spacial score (nSPS) is 14.0. The minimum Gasteiger partial charge on any atom is -0.344 e. The summed E-state index contributed by atoms with van der Waals surface area (Å²) in [5, 5.41) is 2.85. The van der Waals surface area contributed by atoms with Crippen LogP contribution >= 0.6 is 0 Å². The molecule has 1 aliphatic rings. The quantitative estimate of drug-likeness (QED) is 0.857. The zero-order chi connectivity index (χ0) is 14.8. The summed E-state index contributed by atoms with van der Waals surface area (Å²) >= 11 is 0. The van der Waals surface area contributed by atoms with Crippen molar-refractivity contribution >= 4 is 17.4 Å². The van der Waals surface area contributed by atoms with Crippen LogP contribution in [0.25, 0.3) is 0 Å². The summed E-state index contributed by atoms with van der Waals surface area (Å²) in [6.45, 7) is 2.22. The van der Waals surface area contributed by atoms with Gasteiger partial charge in [0.25, 0.3) is 0 Å². The molecule has 0 radical (unpaired) electrons. The maximum Gasteiger partial charge on any atom is 0.244 e. The van der Waals surface area contributed by atoms with E-state index >= 15 is 0 Å². The van der Waals surface area contributed by atoms with Crippen LogP contribution in [0, 0.1) is 12.8 Å². The number of amides is 1. The van der Waals surface area contributed by atoms with Gasteiger partial charge in [-0.2, -0.15) is 0 Å². The fraction of sp³-hybridized carbons (Fsp3) is 0.294. The number of aromatic nitrogens is 1. The molecule has 1 heterocycles. The number of nitrogens with zero attached hydrogens (tertiary/aromatic N) is 1. The monoisotopic (exact) mass is 282 g/mol. The highest BCUT2D eigenvalue weighted by Crippen LogP contribution is 2.32. The fourth-order valence-electron chi connectivity index (χ4n) is 2.27. The Bertz CT molecular complexity index is 666. The molecule has 1 aliphatic carbocycles. The second kappa shape index (κ2) is 5.56. The van der Waals surface area contributed by atoms with E-state index in [4.69, 9.17) is 0 Å². The summed E-state index contributed by atoms with van der Waals surface area (Å²) in [6.07, 6.45) is 5.54. The van der Waals surface area contributed by atoms with Crippen LogP contribution in [0.15, 0.2) is 42.7 Å². The number of rotatable bonds is 5. The molecule has 4 nitrogen and oxygen atoms in total. The minimum absolute atomic E-state index is 0.0973. The summed E-state index contributed by atoms with van der Waals surface area (Å²) in [7, 11) is 0. The Labute approximate surface area is 123 Å². The van der Waals surface area contributed by atoms with Gasteiger partial charge in [0.05, 0.1) is 0 Å². The van der Waals surface area contributed by atoms with Gasteiger partial charge in [0, 0.05) is 29.6 Å². The molecule has 0 unspecified atom stereocenters. The number of aryl methyl sites for hydroxylation is 1. The van der Waals surface area contributed by atoms with E-state index in [9.17, 15) is 9.59 Å². The van der Waals surface area contributed by atoms with Crippen molar-refractivity contribution in [3.8, 4) is 0 Å². The van der Waals surface area contributed by atoms with E-state index in [0.717, 1.165) is 24.1 Å². The van der Waals surface area contributed by atoms with E-state index < -0.39 is 0 Å². The van der Waals surface area contributed by atoms with Crippen LogP contribution in [0.4, 0.5) is 5.69 Å². The Hall–Kier alpha value is -2.36. The smallest absolute Gasteiger partial charge is 0.244 e. The molecule has 108 valence electrons. The molecule has 0 spiro atoms. The lowest BCUT2D eigenvalue weighted by molar-refractivity contribution is -0.116. The van der Waals surface area contributed by atoms with E-state index in [1.807, 2.05) is 31.2 Å². The predicted octanol–water partition coefficient (Wildman–Crippen LogP) is 3.03. The highest BCUT2D eigenvalue weighted by molar-refractivity contribution is 5.99. The first kappa shape index (κ1) is 13.6. The number of ketones is 1. The van der Waals surface area contributed by atoms with Crippen LogP contribution in [0.1, 0.15) is 28.8 Å². The zero-order valence-electron chi connectivity index (χ0n) is 12.0. The van der Waals surface area contributed by atoms with Gasteiger partial charge < -0.3 is 9.88 Å². The number of Topliss-reactive ketones (excluding diaryl/α,β-unsaturated/α-hetero) is 1. The average Bonchev–Trinajstić information content (AvgIpc) is 3.21. The van der Waals surface area contributed by atoms with Gasteiger partial charge in [-0.25, -0.2) is 0 Å². The van der Waals surface area contributed by atoms with E-state index in [-0.39, 0.29) is 24.2 Å². The number of carbonyl (C=O) groups excluding carboxylic acids is 2. The molecule has 1 saturated carbocycles. The molecular weight excluding hydrogens is 264 g/mol. The molecule has 2 aromatic rings. The number of hydrogen-bond acceptors (Lipinski definition) is 2. The van der Waals surface area contributed by atoms with Crippen LogP contribution in [0.3, 0.4) is 0 Å². The highest BCUT2D eigenvalue weighted by Gasteiger charge is 2.30. The van der Waals surface area contributed by atoms with Gasteiger partial charge in [0.1, 0.15) is 6.54 Å². The van der Waals surface area contributed by atoms with Crippen molar-refractivity contribution in [2.75, 3.05) is 5.32 Å². The van der Waals surface area contributed by atoms with Crippen LogP contribution in [-0.4, -0.2) is 16.3 Å². The predicted molar refractivity (Wildman–Crippen MR) is 81.3 cm³/mol. The van der Waals surface area contributed by atoms with Crippen molar-refractivity contribution in [1.82, 2.24) is 4.57 Å². The largest absolute Gasteiger partial charge is 0.344 e. The molecule has 1 amide bonds. The Morgan fingerprint density at radius 2 is 1.90 bits per heavy atom. The number of carbonyl (C=O) groups is 2. The summed E-state index contributed by atoms with van der Waals surface area (Å²) < 4.78 is 1.75. The summed E-state index contributed by atoms with van der Waals surface area (Å²) in [4.78, 5) is 23.9. The van der Waals surface area contributed by atoms with Crippen molar-refractivity contribution in [2.24, 2.45) is 5.92 Å². The van der Waals surface area contributed by atoms with E-state index in [1.54, 1.807) is 23.0 Å². The summed E-state index contributed by atoms with van der Waals surface area (Å²) in [5.41, 5.74) is 2.65. The fourth-order valence-corrected chi connectivity index (χ4v) is 2.27. The Morgan fingerprint density at radius 3 is 2.57 bits per heavy atom. The van der Waals surface area contributed by atoms with Gasteiger partial charge in [0.15, 0.2) is 5.78 Å². The number of benzene rings is 1. The lowest BCUT2D eigenvalue weighted by Crippen LogP contribution is -2.17. The molecule has 1 aromatic carbocycles. The molecule has 0 bridgehead atoms. The number of nitrogens with one attached hydrogen (secondary N) is 1. The van der Waals surface area contributed by atoms with Crippen LogP contribution in [-0.2, 0) is 11.3 Å². The molecule has 1 N–H and O–H groups in total. The first-order chi connectivity index (χ1) is 10.1. The molecule has 0 saturated heterocycles. The van der Waals surface area contributed by atoms with Crippen molar-refractivity contribution in [3.63, 3.8) is 0 Å². The Balaban J connectivity index is 1.59. The Kier molecular flexibility index (Phi) is 3.60. The lowest BCUT2D eigenvalue weighted by atomic mass is 10.1. The van der Waals surface area contributed by atoms with Gasteiger partial charge in [-0.1, -0.05) is 17.7 Å². The molecule has 1 aromatic heterocycles. The number of hydrogen-bond donors (Lipinski definition) is 1. The first-order valence-corrected chi connectivity index (χ1v) is 7.18. The third-order valence-corrected chi connectivity index (χ3v) is 3.64. The maximum atomic E-state index is 12.0. The van der Waals surface area contributed by atoms with E-state index in [2.05, 4.69) is 5.32 Å². The SMILES string of the molecule is Cc1ccc(NC(=O)Cn2ccc(C(=O)C3CC3)c2)cc1. The molecular formula is C17H18N2O2. The van der Waals surface area contributed by atoms with Crippen LogP contribution < -0.4 is 5.32 Å². The average molecular weight is 282 g/mol. The zero-order valence-corrected chi connectivity index (χ0v) is 12.0. The van der Waals surface area contributed by atoms with Crippen molar-refractivity contribution in [2.45, 2.75) is 26.3 Å². The van der Waals surface area contributed by atoms with Gasteiger partial charge in [0.2, 0.25) is 5.91 Å². The third kappa shape index (κ3) is 3.40. The maximum absolute atomic E-state index is 12.0. The van der Waals surface area contributed by atoms with Gasteiger partial charge in [-0.3, -0.25) is 9.59 Å². The van der Waals surface area contributed by atoms with E-state index in [0.29, 0.717) is 5.56 Å². The molecule has 3 rings (SSSR count). The third-order valence-electron chi connectivity index (χ3n) is 3.64. The molecule has 1 fully saturated rings. The molecule has 21 heavy (non-hydrogen) atoms. The Morgan fingerprint density at radius 1 is 1.19 bits per heavy atom. The van der Waals surface area contributed by atoms with Crippen molar-refractivity contribution in [1.29, 1.82) is 0 Å². The minimum atomic E-state index is -0.0973. The van der Waals surface area contributed by atoms with Crippen LogP contribution in [0.5, 0.6) is 0 Å². The van der Waals surface area contributed by atoms with Gasteiger partial charge >= 0.3 is 0 Å². The number of anilines is 1. The van der Waals surface area contributed by atoms with Gasteiger partial charge in [-0.05, 0) is 38.0 Å².